The van der Waals surface area contributed by atoms with Crippen LogP contribution < -0.4 is 0 Å². The molecule has 2 rings (SSSR count). The van der Waals surface area contributed by atoms with Crippen molar-refractivity contribution in [1.82, 2.24) is 9.36 Å². The van der Waals surface area contributed by atoms with Crippen molar-refractivity contribution in [2.75, 3.05) is 0 Å². The first-order valence-electron chi connectivity index (χ1n) is 4.97. The van der Waals surface area contributed by atoms with Gasteiger partial charge in [-0.2, -0.15) is 4.37 Å². The maximum absolute atomic E-state index is 4.56. The number of nitrogens with zero attached hydrogens (tertiary/aromatic N) is 2. The van der Waals surface area contributed by atoms with Crippen LogP contribution in [0, 0.1) is 0 Å². The van der Waals surface area contributed by atoms with E-state index in [1.54, 1.807) is 0 Å². The molecule has 1 aromatic carbocycles. The van der Waals surface area contributed by atoms with Gasteiger partial charge in [-0.25, -0.2) is 4.98 Å². The summed E-state index contributed by atoms with van der Waals surface area (Å²) in [5.41, 5.74) is 1.18. The first-order chi connectivity index (χ1) is 7.07. The number of rotatable bonds is 1. The van der Waals surface area contributed by atoms with E-state index in [4.69, 9.17) is 0 Å². The molecule has 0 aliphatic rings. The zero-order valence-electron chi connectivity index (χ0n) is 9.19. The van der Waals surface area contributed by atoms with Crippen LogP contribution in [-0.2, 0) is 5.41 Å². The molecule has 15 heavy (non-hydrogen) atoms. The molecule has 0 saturated carbocycles. The van der Waals surface area contributed by atoms with Crippen LogP contribution in [0.2, 0.25) is 0 Å². The highest BCUT2D eigenvalue weighted by Gasteiger charge is 2.19. The van der Waals surface area contributed by atoms with Gasteiger partial charge >= 0.3 is 0 Å². The molecule has 1 aromatic heterocycles. The standard InChI is InChI=1S/C12H14N2S/c1-12(2,3)11-13-10(14-15-11)9-7-5-4-6-8-9/h4-8H,1-3H3. The van der Waals surface area contributed by atoms with Gasteiger partial charge in [-0.1, -0.05) is 51.1 Å². The van der Waals surface area contributed by atoms with Crippen LogP contribution >= 0.6 is 11.5 Å². The molecule has 0 amide bonds. The Hall–Kier alpha value is -1.22. The van der Waals surface area contributed by atoms with E-state index in [0.29, 0.717) is 0 Å². The maximum atomic E-state index is 4.56. The number of hydrogen-bond donors (Lipinski definition) is 0. The summed E-state index contributed by atoms with van der Waals surface area (Å²) in [5, 5.41) is 1.08. The highest BCUT2D eigenvalue weighted by atomic mass is 32.1. The number of aromatic nitrogens is 2. The summed E-state index contributed by atoms with van der Waals surface area (Å²) < 4.78 is 4.38. The van der Waals surface area contributed by atoms with Crippen LogP contribution in [0.15, 0.2) is 30.3 Å². The molecule has 0 N–H and O–H groups in total. The molecule has 3 heteroatoms. The van der Waals surface area contributed by atoms with Gasteiger partial charge in [0, 0.05) is 11.0 Å². The van der Waals surface area contributed by atoms with Crippen LogP contribution in [0.3, 0.4) is 0 Å². The van der Waals surface area contributed by atoms with Crippen molar-refractivity contribution in [2.45, 2.75) is 26.2 Å². The molecule has 0 spiro atoms. The Bertz CT molecular complexity index is 440. The van der Waals surface area contributed by atoms with Crippen molar-refractivity contribution in [1.29, 1.82) is 0 Å². The van der Waals surface area contributed by atoms with Crippen molar-refractivity contribution >= 4 is 11.5 Å². The molecule has 2 aromatic rings. The lowest BCUT2D eigenvalue weighted by Gasteiger charge is -2.12. The zero-order valence-corrected chi connectivity index (χ0v) is 10.0. The van der Waals surface area contributed by atoms with E-state index in [9.17, 15) is 0 Å². The molecule has 0 bridgehead atoms. The molecule has 0 saturated heterocycles. The average molecular weight is 218 g/mol. The zero-order chi connectivity index (χ0) is 10.9. The van der Waals surface area contributed by atoms with Crippen molar-refractivity contribution in [3.05, 3.63) is 35.3 Å². The van der Waals surface area contributed by atoms with E-state index in [1.807, 2.05) is 30.3 Å². The third kappa shape index (κ3) is 2.23. The Morgan fingerprint density at radius 3 is 2.27 bits per heavy atom. The second kappa shape index (κ2) is 3.74. The van der Waals surface area contributed by atoms with Crippen LogP contribution in [0.4, 0.5) is 0 Å². The number of benzene rings is 1. The topological polar surface area (TPSA) is 25.8 Å². The van der Waals surface area contributed by atoms with Gasteiger partial charge in [0.2, 0.25) is 0 Å². The Balaban J connectivity index is 2.37. The fourth-order valence-corrected chi connectivity index (χ4v) is 1.95. The average Bonchev–Trinajstić information content (AvgIpc) is 2.67. The molecular formula is C12H14N2S. The van der Waals surface area contributed by atoms with Gasteiger partial charge in [-0.15, -0.1) is 0 Å². The quantitative estimate of drug-likeness (QED) is 0.732. The van der Waals surface area contributed by atoms with Gasteiger partial charge in [-0.3, -0.25) is 0 Å². The Morgan fingerprint density at radius 2 is 1.73 bits per heavy atom. The van der Waals surface area contributed by atoms with Crippen LogP contribution in [0.1, 0.15) is 25.8 Å². The van der Waals surface area contributed by atoms with E-state index < -0.39 is 0 Å². The molecule has 0 atom stereocenters. The summed E-state index contributed by atoms with van der Waals surface area (Å²) in [4.78, 5) is 4.56. The minimum atomic E-state index is 0.0880. The summed E-state index contributed by atoms with van der Waals surface area (Å²) in [6.45, 7) is 6.47. The summed E-state index contributed by atoms with van der Waals surface area (Å²) in [6.07, 6.45) is 0. The first-order valence-corrected chi connectivity index (χ1v) is 5.74. The van der Waals surface area contributed by atoms with Gasteiger partial charge in [0.1, 0.15) is 5.01 Å². The monoisotopic (exact) mass is 218 g/mol. The maximum Gasteiger partial charge on any atom is 0.173 e. The van der Waals surface area contributed by atoms with Crippen molar-refractivity contribution in [2.24, 2.45) is 0 Å². The van der Waals surface area contributed by atoms with Gasteiger partial charge in [0.25, 0.3) is 0 Å². The van der Waals surface area contributed by atoms with E-state index in [-0.39, 0.29) is 5.41 Å². The fourth-order valence-electron chi connectivity index (χ4n) is 1.23. The number of hydrogen-bond acceptors (Lipinski definition) is 3. The molecule has 0 unspecified atom stereocenters. The smallest absolute Gasteiger partial charge is 0.173 e. The lowest BCUT2D eigenvalue weighted by Crippen LogP contribution is -2.10. The van der Waals surface area contributed by atoms with Gasteiger partial charge < -0.3 is 0 Å². The van der Waals surface area contributed by atoms with Crippen molar-refractivity contribution < 1.29 is 0 Å². The Morgan fingerprint density at radius 1 is 1.07 bits per heavy atom. The van der Waals surface area contributed by atoms with E-state index >= 15 is 0 Å². The largest absolute Gasteiger partial charge is 0.219 e. The van der Waals surface area contributed by atoms with Gasteiger partial charge in [-0.05, 0) is 11.5 Å². The fraction of sp³-hybridized carbons (Fsp3) is 0.333. The van der Waals surface area contributed by atoms with Crippen LogP contribution in [-0.4, -0.2) is 9.36 Å². The van der Waals surface area contributed by atoms with Crippen molar-refractivity contribution in [3.8, 4) is 11.4 Å². The second-order valence-electron chi connectivity index (χ2n) is 4.54. The molecule has 0 fully saturated rings. The molecule has 0 aliphatic heterocycles. The highest BCUT2D eigenvalue weighted by Crippen LogP contribution is 2.26. The molecule has 78 valence electrons. The predicted octanol–water partition coefficient (Wildman–Crippen LogP) is 3.50. The minimum absolute atomic E-state index is 0.0880. The Labute approximate surface area is 94.2 Å². The minimum Gasteiger partial charge on any atom is -0.219 e. The van der Waals surface area contributed by atoms with Gasteiger partial charge in [0.15, 0.2) is 5.82 Å². The van der Waals surface area contributed by atoms with Crippen LogP contribution in [0.5, 0.6) is 0 Å². The Kier molecular flexibility index (Phi) is 2.57. The van der Waals surface area contributed by atoms with E-state index in [1.165, 1.54) is 11.5 Å². The summed E-state index contributed by atoms with van der Waals surface area (Å²) in [7, 11) is 0. The molecular weight excluding hydrogens is 204 g/mol. The summed E-state index contributed by atoms with van der Waals surface area (Å²) in [5.74, 6) is 0.838. The first kappa shape index (κ1) is 10.3. The summed E-state index contributed by atoms with van der Waals surface area (Å²) >= 11 is 1.49. The molecule has 0 aliphatic carbocycles. The highest BCUT2D eigenvalue weighted by molar-refractivity contribution is 7.05. The van der Waals surface area contributed by atoms with Crippen molar-refractivity contribution in [3.63, 3.8) is 0 Å². The SMILES string of the molecule is CC(C)(C)c1nc(-c2ccccc2)ns1. The molecule has 0 radical (unpaired) electrons. The molecule has 2 nitrogen and oxygen atoms in total. The summed E-state index contributed by atoms with van der Waals surface area (Å²) in [6, 6.07) is 10.1. The molecule has 1 heterocycles. The van der Waals surface area contributed by atoms with E-state index in [0.717, 1.165) is 16.4 Å². The van der Waals surface area contributed by atoms with E-state index in [2.05, 4.69) is 30.1 Å². The predicted molar refractivity (Wildman–Crippen MR) is 64.0 cm³/mol. The van der Waals surface area contributed by atoms with Crippen LogP contribution in [0.25, 0.3) is 11.4 Å². The van der Waals surface area contributed by atoms with Gasteiger partial charge in [0.05, 0.1) is 0 Å². The lowest BCUT2D eigenvalue weighted by atomic mass is 9.98. The third-order valence-electron chi connectivity index (χ3n) is 2.10. The second-order valence-corrected chi connectivity index (χ2v) is 5.29. The normalized spacial score (nSPS) is 11.7. The third-order valence-corrected chi connectivity index (χ3v) is 3.24. The lowest BCUT2D eigenvalue weighted by molar-refractivity contribution is 0.586.